The summed E-state index contributed by atoms with van der Waals surface area (Å²) in [5.74, 6) is 1.10. The van der Waals surface area contributed by atoms with Crippen molar-refractivity contribution >= 4 is 29.0 Å². The van der Waals surface area contributed by atoms with E-state index in [1.54, 1.807) is 31.2 Å². The molecule has 2 aromatic carbocycles. The van der Waals surface area contributed by atoms with Crippen LogP contribution in [0.1, 0.15) is 25.1 Å². The quantitative estimate of drug-likeness (QED) is 0.305. The van der Waals surface area contributed by atoms with Crippen LogP contribution in [0.25, 0.3) is 0 Å². The predicted molar refractivity (Wildman–Crippen MR) is 127 cm³/mol. The third-order valence-electron chi connectivity index (χ3n) is 4.73. The maximum absolute atomic E-state index is 12.3. The summed E-state index contributed by atoms with van der Waals surface area (Å²) in [7, 11) is 0. The summed E-state index contributed by atoms with van der Waals surface area (Å²) < 4.78 is 18.2. The molecule has 11 heteroatoms. The van der Waals surface area contributed by atoms with Gasteiger partial charge >= 0.3 is 5.82 Å². The molecular formula is C23H25ClN4O6. The minimum atomic E-state index is -0.687. The molecule has 1 heterocycles. The Hall–Kier alpha value is -3.79. The van der Waals surface area contributed by atoms with Crippen LogP contribution in [-0.2, 0) is 17.9 Å². The Balaban J connectivity index is 1.57. The Bertz CT molecular complexity index is 1160. The molecule has 0 aliphatic heterocycles. The number of ether oxygens (including phenoxy) is 3. The van der Waals surface area contributed by atoms with E-state index in [0.29, 0.717) is 48.5 Å². The van der Waals surface area contributed by atoms with Crippen molar-refractivity contribution in [2.75, 3.05) is 18.5 Å². The van der Waals surface area contributed by atoms with Gasteiger partial charge in [0.2, 0.25) is 5.91 Å². The minimum absolute atomic E-state index is 0.0831. The van der Waals surface area contributed by atoms with Crippen molar-refractivity contribution in [2.45, 2.75) is 33.9 Å². The topological polar surface area (TPSA) is 118 Å². The number of carbonyl (C=O) groups excluding carboxylic acids is 1. The van der Waals surface area contributed by atoms with Crippen LogP contribution in [0.3, 0.4) is 0 Å². The average molecular weight is 489 g/mol. The molecule has 0 atom stereocenters. The fourth-order valence-corrected chi connectivity index (χ4v) is 3.31. The van der Waals surface area contributed by atoms with Gasteiger partial charge in [0, 0.05) is 5.69 Å². The molecule has 1 aromatic heterocycles. The number of anilines is 1. The van der Waals surface area contributed by atoms with E-state index < -0.39 is 16.6 Å². The molecule has 10 nitrogen and oxygen atoms in total. The van der Waals surface area contributed by atoms with Gasteiger partial charge in [-0.25, -0.2) is 0 Å². The van der Waals surface area contributed by atoms with E-state index in [9.17, 15) is 14.9 Å². The Labute approximate surface area is 201 Å². The number of hydrogen-bond acceptors (Lipinski definition) is 7. The highest BCUT2D eigenvalue weighted by atomic mass is 35.5. The van der Waals surface area contributed by atoms with Gasteiger partial charge in [0.25, 0.3) is 0 Å². The first-order valence-corrected chi connectivity index (χ1v) is 11.0. The lowest BCUT2D eigenvalue weighted by Crippen LogP contribution is -2.20. The lowest BCUT2D eigenvalue weighted by atomic mass is 10.2. The second-order valence-electron chi connectivity index (χ2n) is 7.15. The second kappa shape index (κ2) is 11.4. The fourth-order valence-electron chi connectivity index (χ4n) is 3.10. The third-order valence-corrected chi connectivity index (χ3v) is 5.18. The molecule has 3 rings (SSSR count). The highest BCUT2D eigenvalue weighted by Gasteiger charge is 2.25. The monoisotopic (exact) mass is 488 g/mol. The van der Waals surface area contributed by atoms with E-state index in [0.717, 1.165) is 5.56 Å². The van der Waals surface area contributed by atoms with Crippen molar-refractivity contribution in [1.82, 2.24) is 9.78 Å². The van der Waals surface area contributed by atoms with E-state index in [1.807, 2.05) is 32.0 Å². The van der Waals surface area contributed by atoms with Gasteiger partial charge < -0.3 is 29.6 Å². The molecule has 0 aliphatic rings. The molecule has 0 saturated carbocycles. The molecule has 1 N–H and O–H groups in total. The highest BCUT2D eigenvalue weighted by molar-refractivity contribution is 6.33. The minimum Gasteiger partial charge on any atom is -0.490 e. The molecule has 0 bridgehead atoms. The van der Waals surface area contributed by atoms with Crippen LogP contribution in [0.2, 0.25) is 5.02 Å². The SMILES string of the molecule is CCOc1ccc(COc2ccc(NC(=O)Cn3nc([N+](=O)[O-])c(Cl)c3C)cc2)cc1OCC. The van der Waals surface area contributed by atoms with Gasteiger partial charge in [-0.15, -0.1) is 0 Å². The number of hydrogen-bond donors (Lipinski definition) is 1. The van der Waals surface area contributed by atoms with Crippen molar-refractivity contribution < 1.29 is 23.9 Å². The van der Waals surface area contributed by atoms with Gasteiger partial charge in [0.1, 0.15) is 18.9 Å². The molecule has 0 fully saturated rings. The third kappa shape index (κ3) is 6.16. The molecule has 3 aromatic rings. The maximum Gasteiger partial charge on any atom is 0.408 e. The number of rotatable bonds is 11. The first kappa shape index (κ1) is 24.8. The van der Waals surface area contributed by atoms with Crippen LogP contribution in [0.4, 0.5) is 11.5 Å². The summed E-state index contributed by atoms with van der Waals surface area (Å²) in [6.45, 7) is 6.58. The number of aromatic nitrogens is 2. The van der Waals surface area contributed by atoms with Crippen LogP contribution in [0.15, 0.2) is 42.5 Å². The maximum atomic E-state index is 12.3. The van der Waals surface area contributed by atoms with Crippen molar-refractivity contribution in [1.29, 1.82) is 0 Å². The molecular weight excluding hydrogens is 464 g/mol. The smallest absolute Gasteiger partial charge is 0.408 e. The van der Waals surface area contributed by atoms with Crippen molar-refractivity contribution in [2.24, 2.45) is 0 Å². The summed E-state index contributed by atoms with van der Waals surface area (Å²) >= 11 is 5.91. The number of nitro groups is 1. The number of amides is 1. The summed E-state index contributed by atoms with van der Waals surface area (Å²) in [5, 5.41) is 17.4. The summed E-state index contributed by atoms with van der Waals surface area (Å²) in [6, 6.07) is 12.5. The standard InChI is InChI=1S/C23H25ClN4O6/c1-4-32-19-11-6-16(12-20(19)33-5-2)14-34-18-9-7-17(8-10-18)25-21(29)13-27-15(3)22(24)23(26-27)28(30)31/h6-12H,4-5,13-14H2,1-3H3,(H,25,29). The van der Waals surface area contributed by atoms with E-state index in [-0.39, 0.29) is 11.6 Å². The van der Waals surface area contributed by atoms with Gasteiger partial charge in [0.15, 0.2) is 16.5 Å². The number of carbonyl (C=O) groups is 1. The van der Waals surface area contributed by atoms with Crippen LogP contribution in [0.5, 0.6) is 17.2 Å². The van der Waals surface area contributed by atoms with E-state index >= 15 is 0 Å². The summed E-state index contributed by atoms with van der Waals surface area (Å²) in [6.07, 6.45) is 0. The first-order valence-electron chi connectivity index (χ1n) is 10.6. The Kier molecular flexibility index (Phi) is 8.31. The molecule has 1 amide bonds. The second-order valence-corrected chi connectivity index (χ2v) is 7.52. The highest BCUT2D eigenvalue weighted by Crippen LogP contribution is 2.29. The van der Waals surface area contributed by atoms with Gasteiger partial charge in [0.05, 0.1) is 24.0 Å². The van der Waals surface area contributed by atoms with E-state index in [4.69, 9.17) is 25.8 Å². The molecule has 34 heavy (non-hydrogen) atoms. The van der Waals surface area contributed by atoms with Gasteiger partial charge in [-0.05, 0) is 67.7 Å². The van der Waals surface area contributed by atoms with Gasteiger partial charge in [-0.3, -0.25) is 4.79 Å². The Morgan fingerprint density at radius 1 is 1.09 bits per heavy atom. The van der Waals surface area contributed by atoms with Crippen LogP contribution >= 0.6 is 11.6 Å². The van der Waals surface area contributed by atoms with Crippen LogP contribution in [0, 0.1) is 17.0 Å². The zero-order valence-corrected chi connectivity index (χ0v) is 19.8. The number of benzene rings is 2. The molecule has 0 spiro atoms. The molecule has 0 saturated heterocycles. The number of nitrogens with one attached hydrogen (secondary N) is 1. The average Bonchev–Trinajstić information content (AvgIpc) is 3.09. The van der Waals surface area contributed by atoms with Crippen LogP contribution < -0.4 is 19.5 Å². The lowest BCUT2D eigenvalue weighted by Gasteiger charge is -2.13. The lowest BCUT2D eigenvalue weighted by molar-refractivity contribution is -0.389. The van der Waals surface area contributed by atoms with Crippen LogP contribution in [-0.4, -0.2) is 33.8 Å². The predicted octanol–water partition coefficient (Wildman–Crippen LogP) is 4.77. The normalized spacial score (nSPS) is 10.6. The van der Waals surface area contributed by atoms with Crippen molar-refractivity contribution in [3.63, 3.8) is 0 Å². The molecule has 0 aliphatic carbocycles. The van der Waals surface area contributed by atoms with Gasteiger partial charge in [-0.2, -0.15) is 4.68 Å². The van der Waals surface area contributed by atoms with Gasteiger partial charge in [-0.1, -0.05) is 17.7 Å². The molecule has 0 radical (unpaired) electrons. The van der Waals surface area contributed by atoms with E-state index in [1.165, 1.54) is 4.68 Å². The zero-order chi connectivity index (χ0) is 24.7. The summed E-state index contributed by atoms with van der Waals surface area (Å²) in [5.41, 5.74) is 1.81. The van der Waals surface area contributed by atoms with Crippen molar-refractivity contribution in [3.8, 4) is 17.2 Å². The Morgan fingerprint density at radius 2 is 1.76 bits per heavy atom. The molecule has 0 unspecified atom stereocenters. The fraction of sp³-hybridized carbons (Fsp3) is 0.304. The summed E-state index contributed by atoms with van der Waals surface area (Å²) in [4.78, 5) is 22.6. The Morgan fingerprint density at radius 3 is 2.38 bits per heavy atom. The number of nitrogens with zero attached hydrogens (tertiary/aromatic N) is 3. The van der Waals surface area contributed by atoms with Crippen molar-refractivity contribution in [3.05, 3.63) is 68.9 Å². The zero-order valence-electron chi connectivity index (χ0n) is 19.0. The largest absolute Gasteiger partial charge is 0.490 e. The number of halogens is 1. The molecule has 180 valence electrons. The van der Waals surface area contributed by atoms with E-state index in [2.05, 4.69) is 10.4 Å². The first-order chi connectivity index (χ1) is 16.3.